The van der Waals surface area contributed by atoms with Gasteiger partial charge in [0.2, 0.25) is 0 Å². The van der Waals surface area contributed by atoms with Crippen molar-refractivity contribution in [3.05, 3.63) is 53.3 Å². The van der Waals surface area contributed by atoms with E-state index in [4.69, 9.17) is 4.74 Å². The van der Waals surface area contributed by atoms with Gasteiger partial charge in [-0.15, -0.1) is 0 Å². The summed E-state index contributed by atoms with van der Waals surface area (Å²) in [6.07, 6.45) is 9.99. The quantitative estimate of drug-likeness (QED) is 0.697. The number of nitrogens with one attached hydrogen (secondary N) is 2. The minimum Gasteiger partial charge on any atom is -0.382 e. The highest BCUT2D eigenvalue weighted by Crippen LogP contribution is 2.28. The Kier molecular flexibility index (Phi) is 4.85. The topological polar surface area (TPSA) is 73.1 Å². The average molecular weight is 393 g/mol. The molecule has 3 aromatic rings. The second-order valence-corrected chi connectivity index (χ2v) is 8.22. The summed E-state index contributed by atoms with van der Waals surface area (Å²) >= 11 is 0. The Labute approximate surface area is 169 Å². The van der Waals surface area contributed by atoms with E-state index in [0.717, 1.165) is 61.2 Å². The molecule has 0 radical (unpaired) electrons. The predicted octanol–water partition coefficient (Wildman–Crippen LogP) is 2.44. The van der Waals surface area contributed by atoms with E-state index in [1.54, 1.807) is 23.2 Å². The molecule has 2 N–H and O–H groups in total. The van der Waals surface area contributed by atoms with E-state index in [2.05, 4.69) is 21.7 Å². The molecule has 0 spiro atoms. The van der Waals surface area contributed by atoms with Crippen LogP contribution in [-0.2, 0) is 11.8 Å². The van der Waals surface area contributed by atoms with Gasteiger partial charge in [0, 0.05) is 54.4 Å². The first kappa shape index (κ1) is 18.4. The van der Waals surface area contributed by atoms with Crippen LogP contribution in [0.3, 0.4) is 0 Å². The van der Waals surface area contributed by atoms with E-state index in [1.807, 2.05) is 29.9 Å². The lowest BCUT2D eigenvalue weighted by molar-refractivity contribution is -0.0120. The number of hydrogen-bond donors (Lipinski definition) is 2. The number of benzene rings is 1. The summed E-state index contributed by atoms with van der Waals surface area (Å²) in [5.74, 6) is 0. The Bertz CT molecular complexity index is 1050. The lowest BCUT2D eigenvalue weighted by Gasteiger charge is -2.36. The number of aryl methyl sites for hydroxylation is 1. The van der Waals surface area contributed by atoms with Crippen molar-refractivity contribution in [1.82, 2.24) is 19.4 Å². The number of aromatic nitrogens is 3. The molecule has 0 unspecified atom stereocenters. The third-order valence-electron chi connectivity index (χ3n) is 6.23. The van der Waals surface area contributed by atoms with E-state index >= 15 is 0 Å². The molecule has 29 heavy (non-hydrogen) atoms. The van der Waals surface area contributed by atoms with Crippen LogP contribution in [0, 0.1) is 0 Å². The van der Waals surface area contributed by atoms with Crippen molar-refractivity contribution in [2.75, 3.05) is 18.5 Å². The molecule has 1 saturated carbocycles. The lowest BCUT2D eigenvalue weighted by Crippen LogP contribution is -2.51. The van der Waals surface area contributed by atoms with Crippen LogP contribution in [0.4, 0.5) is 5.69 Å². The highest BCUT2D eigenvalue weighted by atomic mass is 16.5. The van der Waals surface area contributed by atoms with E-state index in [0.29, 0.717) is 18.1 Å². The van der Waals surface area contributed by atoms with Gasteiger partial charge in [-0.25, -0.2) is 4.98 Å². The number of anilines is 1. The Morgan fingerprint density at radius 2 is 1.86 bits per heavy atom. The predicted molar refractivity (Wildman–Crippen MR) is 114 cm³/mol. The average Bonchev–Trinajstić information content (AvgIpc) is 3.24. The van der Waals surface area contributed by atoms with Crippen LogP contribution in [0.25, 0.3) is 16.6 Å². The summed E-state index contributed by atoms with van der Waals surface area (Å²) in [7, 11) is 1.83. The van der Waals surface area contributed by atoms with Crippen LogP contribution in [0.1, 0.15) is 25.7 Å². The molecule has 1 aromatic carbocycles. The molecule has 1 aliphatic heterocycles. The summed E-state index contributed by atoms with van der Waals surface area (Å²) < 4.78 is 8.95. The molecule has 5 rings (SSSR count). The summed E-state index contributed by atoms with van der Waals surface area (Å²) in [5, 5.41) is 8.43. The Hall–Kier alpha value is -2.64. The van der Waals surface area contributed by atoms with E-state index in [-0.39, 0.29) is 5.56 Å². The summed E-state index contributed by atoms with van der Waals surface area (Å²) in [4.78, 5) is 16.7. The first-order valence-corrected chi connectivity index (χ1v) is 10.4. The Morgan fingerprint density at radius 3 is 2.55 bits per heavy atom. The fourth-order valence-corrected chi connectivity index (χ4v) is 4.43. The van der Waals surface area contributed by atoms with Gasteiger partial charge in [0.15, 0.2) is 0 Å². The zero-order valence-electron chi connectivity index (χ0n) is 16.7. The second-order valence-electron chi connectivity index (χ2n) is 8.22. The van der Waals surface area contributed by atoms with Gasteiger partial charge in [0.05, 0.1) is 31.1 Å². The molecule has 0 atom stereocenters. The molecule has 152 valence electrons. The Balaban J connectivity index is 1.38. The fourth-order valence-electron chi connectivity index (χ4n) is 4.43. The number of rotatable bonds is 5. The highest BCUT2D eigenvalue weighted by molar-refractivity contribution is 5.93. The second kappa shape index (κ2) is 7.65. The zero-order chi connectivity index (χ0) is 19.8. The van der Waals surface area contributed by atoms with Crippen molar-refractivity contribution in [3.8, 4) is 5.69 Å². The molecule has 7 nitrogen and oxygen atoms in total. The van der Waals surface area contributed by atoms with Crippen molar-refractivity contribution >= 4 is 16.6 Å². The van der Waals surface area contributed by atoms with Crippen LogP contribution in [0.5, 0.6) is 0 Å². The summed E-state index contributed by atoms with van der Waals surface area (Å²) in [6, 6.07) is 9.39. The smallest absolute Gasteiger partial charge is 0.252 e. The van der Waals surface area contributed by atoms with Crippen LogP contribution < -0.4 is 16.2 Å². The van der Waals surface area contributed by atoms with Gasteiger partial charge in [-0.1, -0.05) is 0 Å². The molecule has 0 bridgehead atoms. The molecule has 0 amide bonds. The van der Waals surface area contributed by atoms with Gasteiger partial charge in [0.25, 0.3) is 5.56 Å². The van der Waals surface area contributed by atoms with Crippen molar-refractivity contribution in [1.29, 1.82) is 0 Å². The number of pyridine rings is 1. The largest absolute Gasteiger partial charge is 0.382 e. The SMILES string of the molecule is Cn1c(=O)cc(NC2CCC(NC3COC3)CC2)c2cc(-n3ccnc3)ccc21. The van der Waals surface area contributed by atoms with Crippen molar-refractivity contribution in [2.24, 2.45) is 7.05 Å². The van der Waals surface area contributed by atoms with E-state index < -0.39 is 0 Å². The minimum absolute atomic E-state index is 0.00992. The van der Waals surface area contributed by atoms with Crippen LogP contribution in [0.2, 0.25) is 0 Å². The third kappa shape index (κ3) is 3.68. The Morgan fingerprint density at radius 1 is 1.07 bits per heavy atom. The fraction of sp³-hybridized carbons (Fsp3) is 0.455. The van der Waals surface area contributed by atoms with E-state index in [9.17, 15) is 4.79 Å². The third-order valence-corrected chi connectivity index (χ3v) is 6.23. The number of fused-ring (bicyclic) bond motifs is 1. The van der Waals surface area contributed by atoms with Gasteiger partial charge in [-0.05, 0) is 43.9 Å². The van der Waals surface area contributed by atoms with Crippen molar-refractivity contribution in [3.63, 3.8) is 0 Å². The van der Waals surface area contributed by atoms with Gasteiger partial charge in [-0.3, -0.25) is 4.79 Å². The lowest BCUT2D eigenvalue weighted by atomic mass is 9.90. The molecule has 2 aromatic heterocycles. The van der Waals surface area contributed by atoms with Crippen LogP contribution in [-0.4, -0.2) is 45.5 Å². The summed E-state index contributed by atoms with van der Waals surface area (Å²) in [6.45, 7) is 1.69. The maximum Gasteiger partial charge on any atom is 0.252 e. The van der Waals surface area contributed by atoms with Crippen LogP contribution in [0.15, 0.2) is 47.8 Å². The van der Waals surface area contributed by atoms with Gasteiger partial charge in [-0.2, -0.15) is 0 Å². The zero-order valence-corrected chi connectivity index (χ0v) is 16.7. The molecule has 1 saturated heterocycles. The maximum absolute atomic E-state index is 12.5. The monoisotopic (exact) mass is 393 g/mol. The van der Waals surface area contributed by atoms with Crippen molar-refractivity contribution in [2.45, 2.75) is 43.8 Å². The maximum atomic E-state index is 12.5. The first-order chi connectivity index (χ1) is 14.2. The van der Waals surface area contributed by atoms with Gasteiger partial charge < -0.3 is 24.5 Å². The standard InChI is InChI=1S/C22H27N5O2/c1-26-21-7-6-18(27-9-8-23-14-27)10-19(21)20(11-22(26)28)25-16-4-2-15(3-5-16)24-17-12-29-13-17/h6-11,14-17,24-25H,2-5,12-13H2,1H3. The summed E-state index contributed by atoms with van der Waals surface area (Å²) in [5.41, 5.74) is 2.90. The highest BCUT2D eigenvalue weighted by Gasteiger charge is 2.26. The van der Waals surface area contributed by atoms with Crippen molar-refractivity contribution < 1.29 is 4.74 Å². The molecule has 1 aliphatic carbocycles. The first-order valence-electron chi connectivity index (χ1n) is 10.4. The minimum atomic E-state index is 0.00992. The molecule has 2 fully saturated rings. The number of imidazole rings is 1. The van der Waals surface area contributed by atoms with Gasteiger partial charge in [0.1, 0.15) is 0 Å². The molecule has 7 heteroatoms. The molecular formula is C22H27N5O2. The number of ether oxygens (including phenoxy) is 1. The molecular weight excluding hydrogens is 366 g/mol. The van der Waals surface area contributed by atoms with Gasteiger partial charge >= 0.3 is 0 Å². The normalized spacial score (nSPS) is 22.5. The number of hydrogen-bond acceptors (Lipinski definition) is 5. The van der Waals surface area contributed by atoms with E-state index in [1.165, 1.54) is 0 Å². The molecule has 2 aliphatic rings. The van der Waals surface area contributed by atoms with Crippen LogP contribution >= 0.6 is 0 Å². The molecule has 3 heterocycles. The number of nitrogens with zero attached hydrogens (tertiary/aromatic N) is 3.